The van der Waals surface area contributed by atoms with Gasteiger partial charge in [-0.2, -0.15) is 0 Å². The quantitative estimate of drug-likeness (QED) is 0.804. The molecular weight excluding hydrogens is 178 g/mol. The number of aliphatic hydroxyl groups is 1. The lowest BCUT2D eigenvalue weighted by atomic mass is 9.89. The molecule has 0 unspecified atom stereocenters. The molecule has 1 fully saturated rings. The zero-order valence-corrected chi connectivity index (χ0v) is 8.41. The largest absolute Gasteiger partial charge is 0.448 e. The number of rotatable bonds is 3. The van der Waals surface area contributed by atoms with Crippen molar-refractivity contribution >= 4 is 0 Å². The van der Waals surface area contributed by atoms with Crippen LogP contribution in [0.15, 0.2) is 10.7 Å². The molecule has 1 aromatic heterocycles. The second-order valence-corrected chi connectivity index (χ2v) is 3.99. The van der Waals surface area contributed by atoms with Crippen LogP contribution in [0.2, 0.25) is 0 Å². The third-order valence-corrected chi connectivity index (χ3v) is 2.89. The van der Waals surface area contributed by atoms with Crippen LogP contribution in [-0.4, -0.2) is 16.7 Å². The van der Waals surface area contributed by atoms with Gasteiger partial charge in [-0.3, -0.25) is 0 Å². The van der Waals surface area contributed by atoms with Crippen molar-refractivity contribution in [3.8, 4) is 0 Å². The molecule has 0 radical (unpaired) electrons. The molecule has 1 aliphatic rings. The summed E-state index contributed by atoms with van der Waals surface area (Å²) in [6.45, 7) is 0.149. The Labute approximate surface area is 84.2 Å². The van der Waals surface area contributed by atoms with Crippen molar-refractivity contribution in [1.82, 2.24) is 4.98 Å². The van der Waals surface area contributed by atoms with E-state index in [1.54, 1.807) is 6.26 Å². The van der Waals surface area contributed by atoms with E-state index in [-0.39, 0.29) is 6.61 Å². The number of hydrogen-bond donors (Lipinski definition) is 1. The summed E-state index contributed by atoms with van der Waals surface area (Å²) in [6.07, 6.45) is 8.64. The highest BCUT2D eigenvalue weighted by Gasteiger charge is 2.19. The second-order valence-electron chi connectivity index (χ2n) is 3.99. The van der Waals surface area contributed by atoms with E-state index in [0.29, 0.717) is 12.3 Å². The Bertz CT molecular complexity index is 277. The van der Waals surface area contributed by atoms with Gasteiger partial charge in [0.05, 0.1) is 5.69 Å². The maximum Gasteiger partial charge on any atom is 0.197 e. The van der Waals surface area contributed by atoms with Crippen LogP contribution >= 0.6 is 0 Å². The Hall–Kier alpha value is -0.830. The van der Waals surface area contributed by atoms with Crippen molar-refractivity contribution in [3.63, 3.8) is 0 Å². The number of aromatic nitrogens is 1. The van der Waals surface area contributed by atoms with Crippen LogP contribution < -0.4 is 0 Å². The molecule has 0 aromatic carbocycles. The fraction of sp³-hybridized carbons (Fsp3) is 0.727. The minimum absolute atomic E-state index is 0.149. The van der Waals surface area contributed by atoms with Crippen molar-refractivity contribution in [1.29, 1.82) is 0 Å². The molecule has 1 aliphatic carbocycles. The number of hydrogen-bond acceptors (Lipinski definition) is 3. The van der Waals surface area contributed by atoms with Crippen molar-refractivity contribution in [3.05, 3.63) is 17.8 Å². The van der Waals surface area contributed by atoms with Crippen molar-refractivity contribution in [2.75, 3.05) is 6.61 Å². The molecule has 2 rings (SSSR count). The van der Waals surface area contributed by atoms with Gasteiger partial charge in [0.25, 0.3) is 0 Å². The summed E-state index contributed by atoms with van der Waals surface area (Å²) in [5.74, 6) is 1.41. The van der Waals surface area contributed by atoms with Gasteiger partial charge in [-0.15, -0.1) is 0 Å². The Morgan fingerprint density at radius 2 is 2.14 bits per heavy atom. The summed E-state index contributed by atoms with van der Waals surface area (Å²) < 4.78 is 5.43. The minimum Gasteiger partial charge on any atom is -0.448 e. The first-order chi connectivity index (χ1) is 6.90. The first-order valence-corrected chi connectivity index (χ1v) is 5.45. The van der Waals surface area contributed by atoms with Gasteiger partial charge in [-0.1, -0.05) is 19.3 Å². The lowest BCUT2D eigenvalue weighted by molar-refractivity contribution is 0.298. The van der Waals surface area contributed by atoms with E-state index in [2.05, 4.69) is 4.98 Å². The molecule has 78 valence electrons. The van der Waals surface area contributed by atoms with Gasteiger partial charge in [-0.05, 0) is 12.8 Å². The second kappa shape index (κ2) is 4.60. The zero-order chi connectivity index (χ0) is 9.80. The number of nitrogens with zero attached hydrogens (tertiary/aromatic N) is 1. The summed E-state index contributed by atoms with van der Waals surface area (Å²) in [7, 11) is 0. The van der Waals surface area contributed by atoms with Crippen molar-refractivity contribution < 1.29 is 9.52 Å². The number of oxazole rings is 1. The molecule has 0 bridgehead atoms. The molecule has 1 heterocycles. The van der Waals surface area contributed by atoms with E-state index in [0.717, 1.165) is 11.6 Å². The van der Waals surface area contributed by atoms with E-state index >= 15 is 0 Å². The summed E-state index contributed by atoms with van der Waals surface area (Å²) in [5.41, 5.74) is 0.882. The monoisotopic (exact) mass is 195 g/mol. The van der Waals surface area contributed by atoms with Crippen LogP contribution in [-0.2, 0) is 6.42 Å². The van der Waals surface area contributed by atoms with Gasteiger partial charge in [0, 0.05) is 18.9 Å². The molecule has 1 aromatic rings. The molecule has 0 saturated heterocycles. The summed E-state index contributed by atoms with van der Waals surface area (Å²) in [5, 5.41) is 8.76. The molecule has 0 amide bonds. The van der Waals surface area contributed by atoms with Gasteiger partial charge in [0.2, 0.25) is 0 Å². The standard InChI is InChI=1S/C11H17NO2/c13-7-6-10-8-14-11(12-10)9-4-2-1-3-5-9/h8-9,13H,1-7H2. The van der Waals surface area contributed by atoms with Crippen LogP contribution in [0.5, 0.6) is 0 Å². The molecule has 14 heavy (non-hydrogen) atoms. The minimum atomic E-state index is 0.149. The summed E-state index contributed by atoms with van der Waals surface area (Å²) in [4.78, 5) is 4.40. The van der Waals surface area contributed by atoms with Crippen LogP contribution in [0.4, 0.5) is 0 Å². The van der Waals surface area contributed by atoms with Gasteiger partial charge < -0.3 is 9.52 Å². The smallest absolute Gasteiger partial charge is 0.197 e. The van der Waals surface area contributed by atoms with Crippen LogP contribution in [0.1, 0.15) is 49.6 Å². The maximum absolute atomic E-state index is 8.76. The fourth-order valence-corrected chi connectivity index (χ4v) is 2.09. The fourth-order valence-electron chi connectivity index (χ4n) is 2.09. The Kier molecular flexibility index (Phi) is 3.19. The molecule has 0 spiro atoms. The Morgan fingerprint density at radius 3 is 2.86 bits per heavy atom. The van der Waals surface area contributed by atoms with E-state index in [9.17, 15) is 0 Å². The first kappa shape index (κ1) is 9.71. The zero-order valence-electron chi connectivity index (χ0n) is 8.41. The van der Waals surface area contributed by atoms with Crippen LogP contribution in [0, 0.1) is 0 Å². The lowest BCUT2D eigenvalue weighted by Crippen LogP contribution is -2.05. The molecule has 1 saturated carbocycles. The number of aliphatic hydroxyl groups excluding tert-OH is 1. The van der Waals surface area contributed by atoms with Gasteiger partial charge in [0.1, 0.15) is 6.26 Å². The van der Waals surface area contributed by atoms with Gasteiger partial charge in [0.15, 0.2) is 5.89 Å². The molecule has 0 atom stereocenters. The third kappa shape index (κ3) is 2.15. The van der Waals surface area contributed by atoms with Gasteiger partial charge >= 0.3 is 0 Å². The highest BCUT2D eigenvalue weighted by molar-refractivity contribution is 5.01. The third-order valence-electron chi connectivity index (χ3n) is 2.89. The van der Waals surface area contributed by atoms with Crippen LogP contribution in [0.3, 0.4) is 0 Å². The average molecular weight is 195 g/mol. The van der Waals surface area contributed by atoms with E-state index < -0.39 is 0 Å². The van der Waals surface area contributed by atoms with E-state index in [4.69, 9.17) is 9.52 Å². The highest BCUT2D eigenvalue weighted by atomic mass is 16.3. The normalized spacial score (nSPS) is 18.6. The maximum atomic E-state index is 8.76. The Balaban J connectivity index is 2.00. The first-order valence-electron chi connectivity index (χ1n) is 5.45. The van der Waals surface area contributed by atoms with E-state index in [1.165, 1.54) is 32.1 Å². The molecule has 1 N–H and O–H groups in total. The van der Waals surface area contributed by atoms with Crippen molar-refractivity contribution in [2.24, 2.45) is 0 Å². The highest BCUT2D eigenvalue weighted by Crippen LogP contribution is 2.31. The molecule has 3 heteroatoms. The predicted octanol–water partition coefficient (Wildman–Crippen LogP) is 2.26. The topological polar surface area (TPSA) is 46.3 Å². The molecular formula is C11H17NO2. The average Bonchev–Trinajstić information content (AvgIpc) is 2.68. The van der Waals surface area contributed by atoms with Crippen LogP contribution in [0.25, 0.3) is 0 Å². The van der Waals surface area contributed by atoms with E-state index in [1.807, 2.05) is 0 Å². The predicted molar refractivity (Wildman–Crippen MR) is 53.1 cm³/mol. The summed E-state index contributed by atoms with van der Waals surface area (Å²) in [6, 6.07) is 0. The lowest BCUT2D eigenvalue weighted by Gasteiger charge is -2.17. The van der Waals surface area contributed by atoms with Crippen molar-refractivity contribution in [2.45, 2.75) is 44.4 Å². The van der Waals surface area contributed by atoms with Gasteiger partial charge in [-0.25, -0.2) is 4.98 Å². The molecule has 0 aliphatic heterocycles. The molecule has 3 nitrogen and oxygen atoms in total. The SMILES string of the molecule is OCCc1coc(C2CCCCC2)n1. The summed E-state index contributed by atoms with van der Waals surface area (Å²) >= 11 is 0. The Morgan fingerprint density at radius 1 is 1.36 bits per heavy atom.